The smallest absolute Gasteiger partial charge is 0.332 e. The molecule has 0 saturated carbocycles. The number of nitrogens with zero attached hydrogens (tertiary/aromatic N) is 3. The van der Waals surface area contributed by atoms with Crippen molar-refractivity contribution in [3.05, 3.63) is 24.3 Å². The highest BCUT2D eigenvalue weighted by atomic mass is 16.5. The first-order valence-corrected chi connectivity index (χ1v) is 6.23. The second kappa shape index (κ2) is 5.74. The number of urea groups is 1. The van der Waals surface area contributed by atoms with Crippen LogP contribution < -0.4 is 4.74 Å². The fourth-order valence-electron chi connectivity index (χ4n) is 1.89. The summed E-state index contributed by atoms with van der Waals surface area (Å²) in [5, 5.41) is 0. The molecule has 1 heterocycles. The van der Waals surface area contributed by atoms with Gasteiger partial charge < -0.3 is 4.74 Å². The molecule has 110 valence electrons. The third-order valence-electron chi connectivity index (χ3n) is 3.21. The van der Waals surface area contributed by atoms with Gasteiger partial charge >= 0.3 is 6.03 Å². The van der Waals surface area contributed by atoms with E-state index in [-0.39, 0.29) is 0 Å². The molecule has 7 nitrogen and oxygen atoms in total. The van der Waals surface area contributed by atoms with Crippen LogP contribution in [0.5, 0.6) is 5.75 Å². The molecule has 1 aromatic carbocycles. The van der Waals surface area contributed by atoms with Gasteiger partial charge in [-0.15, -0.1) is 0 Å². The van der Waals surface area contributed by atoms with E-state index < -0.39 is 23.8 Å². The Hall–Kier alpha value is -2.70. The number of imide groups is 2. The van der Waals surface area contributed by atoms with Crippen LogP contribution in [0.4, 0.5) is 10.5 Å². The van der Waals surface area contributed by atoms with Crippen LogP contribution in [0, 0.1) is 5.92 Å². The van der Waals surface area contributed by atoms with E-state index in [0.29, 0.717) is 11.4 Å². The fourth-order valence-corrected chi connectivity index (χ4v) is 1.89. The van der Waals surface area contributed by atoms with Crippen LogP contribution in [0.2, 0.25) is 0 Å². The molecular formula is C14H15N3O4. The Labute approximate surface area is 121 Å². The van der Waals surface area contributed by atoms with Gasteiger partial charge in [-0.3, -0.25) is 24.4 Å². The van der Waals surface area contributed by atoms with E-state index >= 15 is 0 Å². The number of aliphatic imine (C=N–C) groups is 1. The van der Waals surface area contributed by atoms with Crippen LogP contribution in [-0.2, 0) is 9.59 Å². The molecule has 0 atom stereocenters. The Morgan fingerprint density at radius 2 is 1.57 bits per heavy atom. The van der Waals surface area contributed by atoms with Gasteiger partial charge in [0.15, 0.2) is 5.92 Å². The van der Waals surface area contributed by atoms with Crippen molar-refractivity contribution in [3.8, 4) is 5.75 Å². The van der Waals surface area contributed by atoms with E-state index in [0.717, 1.165) is 9.80 Å². The van der Waals surface area contributed by atoms with Gasteiger partial charge in [0.1, 0.15) is 5.75 Å². The van der Waals surface area contributed by atoms with Gasteiger partial charge in [-0.05, 0) is 24.3 Å². The third kappa shape index (κ3) is 2.76. The summed E-state index contributed by atoms with van der Waals surface area (Å²) in [5.41, 5.74) is 0.582. The summed E-state index contributed by atoms with van der Waals surface area (Å²) in [5.74, 6) is -1.57. The number of carbonyl (C=O) groups excluding carboxylic acids is 3. The van der Waals surface area contributed by atoms with Gasteiger partial charge in [0.05, 0.1) is 12.8 Å². The van der Waals surface area contributed by atoms with Gasteiger partial charge in [0.2, 0.25) is 11.8 Å². The van der Waals surface area contributed by atoms with Crippen molar-refractivity contribution in [3.63, 3.8) is 0 Å². The summed E-state index contributed by atoms with van der Waals surface area (Å²) >= 11 is 0. The number of carbonyl (C=O) groups is 3. The van der Waals surface area contributed by atoms with E-state index in [2.05, 4.69) is 4.99 Å². The van der Waals surface area contributed by atoms with E-state index in [1.807, 2.05) is 0 Å². The number of barbiturate groups is 1. The largest absolute Gasteiger partial charge is 0.497 e. The van der Waals surface area contributed by atoms with Crippen LogP contribution in [0.3, 0.4) is 0 Å². The lowest BCUT2D eigenvalue weighted by Gasteiger charge is -2.31. The number of benzene rings is 1. The van der Waals surface area contributed by atoms with Crippen LogP contribution in [0.15, 0.2) is 29.3 Å². The van der Waals surface area contributed by atoms with Crippen LogP contribution >= 0.6 is 0 Å². The summed E-state index contributed by atoms with van der Waals surface area (Å²) in [7, 11) is 4.23. The average Bonchev–Trinajstić information content (AvgIpc) is 2.51. The molecule has 0 bridgehead atoms. The maximum absolute atomic E-state index is 12.0. The molecule has 0 radical (unpaired) electrons. The third-order valence-corrected chi connectivity index (χ3v) is 3.21. The molecule has 1 fully saturated rings. The molecule has 0 spiro atoms. The molecular weight excluding hydrogens is 274 g/mol. The minimum Gasteiger partial charge on any atom is -0.497 e. The lowest BCUT2D eigenvalue weighted by atomic mass is 10.1. The van der Waals surface area contributed by atoms with Crippen LogP contribution in [0.25, 0.3) is 0 Å². The number of methoxy groups -OCH3 is 1. The molecule has 1 aliphatic heterocycles. The second-order valence-corrected chi connectivity index (χ2v) is 4.53. The quantitative estimate of drug-likeness (QED) is 0.615. The van der Waals surface area contributed by atoms with Gasteiger partial charge in [0, 0.05) is 20.3 Å². The summed E-state index contributed by atoms with van der Waals surface area (Å²) in [6.07, 6.45) is 1.26. The number of hydrogen-bond acceptors (Lipinski definition) is 5. The molecule has 4 amide bonds. The van der Waals surface area contributed by atoms with Crippen molar-refractivity contribution < 1.29 is 19.1 Å². The maximum atomic E-state index is 12.0. The molecule has 1 aliphatic rings. The zero-order chi connectivity index (χ0) is 15.6. The highest BCUT2D eigenvalue weighted by molar-refractivity contribution is 6.23. The number of rotatable bonds is 3. The monoisotopic (exact) mass is 289 g/mol. The van der Waals surface area contributed by atoms with Crippen molar-refractivity contribution in [1.82, 2.24) is 9.80 Å². The molecule has 1 aromatic rings. The zero-order valence-corrected chi connectivity index (χ0v) is 11.9. The molecule has 0 unspecified atom stereocenters. The zero-order valence-electron chi connectivity index (χ0n) is 11.9. The van der Waals surface area contributed by atoms with Gasteiger partial charge in [0.25, 0.3) is 0 Å². The van der Waals surface area contributed by atoms with Crippen LogP contribution in [-0.4, -0.2) is 55.1 Å². The van der Waals surface area contributed by atoms with Gasteiger partial charge in [-0.2, -0.15) is 0 Å². The Balaban J connectivity index is 2.20. The fraction of sp³-hybridized carbons (Fsp3) is 0.286. The van der Waals surface area contributed by atoms with Crippen molar-refractivity contribution in [2.75, 3.05) is 21.2 Å². The molecule has 0 N–H and O–H groups in total. The molecule has 1 saturated heterocycles. The predicted octanol–water partition coefficient (Wildman–Crippen LogP) is 1.06. The van der Waals surface area contributed by atoms with Gasteiger partial charge in [-0.1, -0.05) is 0 Å². The standard InChI is InChI=1S/C14H15N3O4/c1-16-12(18)11(13(19)17(2)14(16)20)8-15-9-4-6-10(21-3)7-5-9/h4-8,11H,1-3H3. The number of amides is 4. The Morgan fingerprint density at radius 1 is 1.05 bits per heavy atom. The van der Waals surface area contributed by atoms with E-state index in [1.54, 1.807) is 31.4 Å². The first-order chi connectivity index (χ1) is 9.95. The normalized spacial score (nSPS) is 17.0. The number of hydrogen-bond donors (Lipinski definition) is 0. The summed E-state index contributed by atoms with van der Waals surface area (Å²) in [6, 6.07) is 6.20. The SMILES string of the molecule is COc1ccc(N=CC2C(=O)N(C)C(=O)N(C)C2=O)cc1. The van der Waals surface area contributed by atoms with E-state index in [1.165, 1.54) is 20.3 Å². The molecule has 7 heteroatoms. The first-order valence-electron chi connectivity index (χ1n) is 6.23. The minimum absolute atomic E-state index is 0.582. The molecule has 0 aromatic heterocycles. The summed E-state index contributed by atoms with van der Waals surface area (Å²) in [6.45, 7) is 0. The lowest BCUT2D eigenvalue weighted by molar-refractivity contribution is -0.144. The minimum atomic E-state index is -1.08. The Morgan fingerprint density at radius 3 is 2.05 bits per heavy atom. The van der Waals surface area contributed by atoms with Crippen molar-refractivity contribution in [1.29, 1.82) is 0 Å². The topological polar surface area (TPSA) is 79.3 Å². The van der Waals surface area contributed by atoms with E-state index in [4.69, 9.17) is 4.74 Å². The van der Waals surface area contributed by atoms with Crippen molar-refractivity contribution in [2.24, 2.45) is 10.9 Å². The average molecular weight is 289 g/mol. The molecule has 2 rings (SSSR count). The molecule has 0 aliphatic carbocycles. The Kier molecular flexibility index (Phi) is 4.02. The summed E-state index contributed by atoms with van der Waals surface area (Å²) < 4.78 is 5.03. The Bertz CT molecular complexity index is 585. The highest BCUT2D eigenvalue weighted by Crippen LogP contribution is 2.19. The second-order valence-electron chi connectivity index (χ2n) is 4.53. The van der Waals surface area contributed by atoms with Crippen molar-refractivity contribution in [2.45, 2.75) is 0 Å². The lowest BCUT2D eigenvalue weighted by Crippen LogP contribution is -2.57. The highest BCUT2D eigenvalue weighted by Gasteiger charge is 2.41. The maximum Gasteiger partial charge on any atom is 0.332 e. The number of ether oxygens (including phenoxy) is 1. The predicted molar refractivity (Wildman–Crippen MR) is 75.6 cm³/mol. The van der Waals surface area contributed by atoms with E-state index in [9.17, 15) is 14.4 Å². The first kappa shape index (κ1) is 14.7. The summed E-state index contributed by atoms with van der Waals surface area (Å²) in [4.78, 5) is 41.4. The van der Waals surface area contributed by atoms with Crippen molar-refractivity contribution >= 4 is 29.7 Å². The van der Waals surface area contributed by atoms with Gasteiger partial charge in [-0.25, -0.2) is 4.79 Å². The van der Waals surface area contributed by atoms with Crippen LogP contribution in [0.1, 0.15) is 0 Å². The molecule has 21 heavy (non-hydrogen) atoms.